The van der Waals surface area contributed by atoms with E-state index >= 15 is 0 Å². The van der Waals surface area contributed by atoms with Gasteiger partial charge in [0.1, 0.15) is 23.9 Å². The van der Waals surface area contributed by atoms with Crippen LogP contribution in [0, 0.1) is 5.82 Å². The van der Waals surface area contributed by atoms with Crippen molar-refractivity contribution in [1.29, 1.82) is 0 Å². The standard InChI is InChI=1S/C15H10BrFN2O3/c16-11-6-14-10(5-12(11)17)13(7-22-14)19-18-9-3-1-8(2-4-9)15(20)21/h1-6,18H,7H2,(H,20,21)/b19-13-. The molecule has 0 amide bonds. The number of ether oxygens (including phenoxy) is 1. The average Bonchev–Trinajstić information content (AvgIpc) is 2.88. The first-order valence-corrected chi connectivity index (χ1v) is 7.12. The molecule has 2 aromatic rings. The van der Waals surface area contributed by atoms with Crippen molar-refractivity contribution in [1.82, 2.24) is 0 Å². The van der Waals surface area contributed by atoms with Crippen LogP contribution in [0.4, 0.5) is 10.1 Å². The molecular weight excluding hydrogens is 355 g/mol. The number of aromatic carboxylic acids is 1. The molecule has 22 heavy (non-hydrogen) atoms. The number of carboxylic acid groups (broad SMARTS) is 1. The molecular formula is C15H10BrFN2O3. The van der Waals surface area contributed by atoms with Gasteiger partial charge in [-0.2, -0.15) is 5.10 Å². The average molecular weight is 365 g/mol. The lowest BCUT2D eigenvalue weighted by Crippen LogP contribution is -2.06. The summed E-state index contributed by atoms with van der Waals surface area (Å²) in [5, 5.41) is 13.0. The molecule has 0 saturated heterocycles. The molecule has 0 unspecified atom stereocenters. The molecule has 7 heteroatoms. The zero-order valence-corrected chi connectivity index (χ0v) is 12.7. The molecule has 0 bridgehead atoms. The summed E-state index contributed by atoms with van der Waals surface area (Å²) in [6, 6.07) is 9.08. The van der Waals surface area contributed by atoms with Gasteiger partial charge in [0.2, 0.25) is 0 Å². The zero-order chi connectivity index (χ0) is 15.7. The quantitative estimate of drug-likeness (QED) is 0.817. The first-order valence-electron chi connectivity index (χ1n) is 6.33. The van der Waals surface area contributed by atoms with E-state index in [1.54, 1.807) is 18.2 Å². The molecule has 3 rings (SSSR count). The second-order valence-electron chi connectivity index (χ2n) is 4.60. The van der Waals surface area contributed by atoms with E-state index in [9.17, 15) is 9.18 Å². The third kappa shape index (κ3) is 2.80. The number of benzene rings is 2. The minimum Gasteiger partial charge on any atom is -0.486 e. The Balaban J connectivity index is 1.81. The Kier molecular flexibility index (Phi) is 3.81. The second-order valence-corrected chi connectivity index (χ2v) is 5.46. The first-order chi connectivity index (χ1) is 10.5. The van der Waals surface area contributed by atoms with Gasteiger partial charge in [-0.05, 0) is 52.3 Å². The number of fused-ring (bicyclic) bond motifs is 1. The number of carbonyl (C=O) groups is 1. The summed E-state index contributed by atoms with van der Waals surface area (Å²) in [6.45, 7) is 0.242. The van der Waals surface area contributed by atoms with Gasteiger partial charge >= 0.3 is 5.97 Å². The van der Waals surface area contributed by atoms with Crippen LogP contribution in [-0.2, 0) is 0 Å². The number of hydrazone groups is 1. The number of hydrogen-bond acceptors (Lipinski definition) is 4. The van der Waals surface area contributed by atoms with E-state index in [1.165, 1.54) is 18.2 Å². The maximum Gasteiger partial charge on any atom is 0.335 e. The van der Waals surface area contributed by atoms with Crippen LogP contribution in [0.15, 0.2) is 46.0 Å². The highest BCUT2D eigenvalue weighted by molar-refractivity contribution is 9.10. The van der Waals surface area contributed by atoms with Crippen LogP contribution < -0.4 is 10.2 Å². The molecule has 2 aromatic carbocycles. The lowest BCUT2D eigenvalue weighted by Gasteiger charge is -2.03. The molecule has 112 valence electrons. The summed E-state index contributed by atoms with van der Waals surface area (Å²) in [4.78, 5) is 10.8. The monoisotopic (exact) mass is 364 g/mol. The van der Waals surface area contributed by atoms with Crippen molar-refractivity contribution in [3.8, 4) is 5.75 Å². The molecule has 5 nitrogen and oxygen atoms in total. The zero-order valence-electron chi connectivity index (χ0n) is 11.1. The summed E-state index contributed by atoms with van der Waals surface area (Å²) >= 11 is 3.10. The number of hydrogen-bond donors (Lipinski definition) is 2. The normalized spacial score (nSPS) is 14.5. The summed E-state index contributed by atoms with van der Waals surface area (Å²) < 4.78 is 19.4. The summed E-state index contributed by atoms with van der Waals surface area (Å²) in [5.41, 5.74) is 4.80. The fourth-order valence-electron chi connectivity index (χ4n) is 2.01. The molecule has 2 N–H and O–H groups in total. The summed E-state index contributed by atoms with van der Waals surface area (Å²) in [7, 11) is 0. The number of nitrogens with one attached hydrogen (secondary N) is 1. The predicted octanol–water partition coefficient (Wildman–Crippen LogP) is 3.50. The predicted molar refractivity (Wildman–Crippen MR) is 83.2 cm³/mol. The number of anilines is 1. The van der Waals surface area contributed by atoms with Crippen LogP contribution in [0.3, 0.4) is 0 Å². The Bertz CT molecular complexity index is 775. The van der Waals surface area contributed by atoms with E-state index in [4.69, 9.17) is 9.84 Å². The van der Waals surface area contributed by atoms with Crippen LogP contribution in [0.5, 0.6) is 5.75 Å². The topological polar surface area (TPSA) is 70.9 Å². The van der Waals surface area contributed by atoms with Crippen molar-refractivity contribution >= 4 is 33.3 Å². The van der Waals surface area contributed by atoms with Crippen LogP contribution >= 0.6 is 15.9 Å². The molecule has 0 radical (unpaired) electrons. The van der Waals surface area contributed by atoms with Crippen LogP contribution in [0.25, 0.3) is 0 Å². The number of rotatable bonds is 3. The first kappa shape index (κ1) is 14.5. The van der Waals surface area contributed by atoms with Gasteiger partial charge < -0.3 is 9.84 Å². The van der Waals surface area contributed by atoms with Crippen LogP contribution in [0.1, 0.15) is 15.9 Å². The van der Waals surface area contributed by atoms with E-state index in [0.717, 1.165) is 0 Å². The highest BCUT2D eigenvalue weighted by atomic mass is 79.9. The van der Waals surface area contributed by atoms with Crippen molar-refractivity contribution < 1.29 is 19.0 Å². The maximum atomic E-state index is 13.6. The summed E-state index contributed by atoms with van der Waals surface area (Å²) in [5.74, 6) is -0.810. The van der Waals surface area contributed by atoms with Gasteiger partial charge in [0, 0.05) is 5.56 Å². The third-order valence-corrected chi connectivity index (χ3v) is 3.76. The second kappa shape index (κ2) is 5.76. The Morgan fingerprint density at radius 3 is 2.73 bits per heavy atom. The molecule has 0 atom stereocenters. The molecule has 0 fully saturated rings. The van der Waals surface area contributed by atoms with Gasteiger partial charge in [-0.15, -0.1) is 0 Å². The van der Waals surface area contributed by atoms with E-state index in [0.29, 0.717) is 27.2 Å². The lowest BCUT2D eigenvalue weighted by atomic mass is 10.1. The fraction of sp³-hybridized carbons (Fsp3) is 0.0667. The highest BCUT2D eigenvalue weighted by Crippen LogP contribution is 2.31. The van der Waals surface area contributed by atoms with E-state index in [1.807, 2.05) is 0 Å². The van der Waals surface area contributed by atoms with Crippen molar-refractivity contribution in [2.45, 2.75) is 0 Å². The molecule has 1 heterocycles. The van der Waals surface area contributed by atoms with Crippen molar-refractivity contribution in [2.24, 2.45) is 5.10 Å². The third-order valence-electron chi connectivity index (χ3n) is 3.15. The van der Waals surface area contributed by atoms with Crippen LogP contribution in [0.2, 0.25) is 0 Å². The smallest absolute Gasteiger partial charge is 0.335 e. The molecule has 0 saturated carbocycles. The number of carboxylic acids is 1. The Hall–Kier alpha value is -2.41. The van der Waals surface area contributed by atoms with Crippen molar-refractivity contribution in [3.63, 3.8) is 0 Å². The molecule has 1 aliphatic rings. The molecule has 0 aliphatic carbocycles. The number of halogens is 2. The Morgan fingerprint density at radius 1 is 1.32 bits per heavy atom. The fourth-order valence-corrected chi connectivity index (χ4v) is 2.33. The Morgan fingerprint density at radius 2 is 2.05 bits per heavy atom. The van der Waals surface area contributed by atoms with E-state index < -0.39 is 5.97 Å². The number of nitrogens with zero attached hydrogens (tertiary/aromatic N) is 1. The minimum absolute atomic E-state index is 0.194. The van der Waals surface area contributed by atoms with Gasteiger partial charge in [0.15, 0.2) is 0 Å². The minimum atomic E-state index is -0.989. The van der Waals surface area contributed by atoms with E-state index in [-0.39, 0.29) is 18.0 Å². The maximum absolute atomic E-state index is 13.6. The Labute approximate surface area is 133 Å². The molecule has 0 aromatic heterocycles. The lowest BCUT2D eigenvalue weighted by molar-refractivity contribution is 0.0697. The largest absolute Gasteiger partial charge is 0.486 e. The van der Waals surface area contributed by atoms with Gasteiger partial charge in [0.25, 0.3) is 0 Å². The SMILES string of the molecule is O=C(O)c1ccc(N/N=C2/COc3cc(Br)c(F)cc32)cc1. The van der Waals surface area contributed by atoms with Gasteiger partial charge in [-0.25, -0.2) is 9.18 Å². The van der Waals surface area contributed by atoms with Crippen molar-refractivity contribution in [3.05, 3.63) is 57.8 Å². The molecule has 0 spiro atoms. The van der Waals surface area contributed by atoms with Gasteiger partial charge in [-0.3, -0.25) is 5.43 Å². The molecule has 1 aliphatic heterocycles. The van der Waals surface area contributed by atoms with Gasteiger partial charge in [-0.1, -0.05) is 0 Å². The van der Waals surface area contributed by atoms with E-state index in [2.05, 4.69) is 26.5 Å². The van der Waals surface area contributed by atoms with Crippen LogP contribution in [-0.4, -0.2) is 23.4 Å². The van der Waals surface area contributed by atoms with Gasteiger partial charge in [0.05, 0.1) is 15.7 Å². The summed E-state index contributed by atoms with van der Waals surface area (Å²) in [6.07, 6.45) is 0. The van der Waals surface area contributed by atoms with Crippen molar-refractivity contribution in [2.75, 3.05) is 12.0 Å². The highest BCUT2D eigenvalue weighted by Gasteiger charge is 2.21.